The first-order valence-corrected chi connectivity index (χ1v) is 5.02. The molecule has 0 saturated heterocycles. The molecule has 0 radical (unpaired) electrons. The highest BCUT2D eigenvalue weighted by Gasteiger charge is 2.11. The van der Waals surface area contributed by atoms with Crippen molar-refractivity contribution in [2.75, 3.05) is 0 Å². The summed E-state index contributed by atoms with van der Waals surface area (Å²) in [5, 5.41) is 3.07. The van der Waals surface area contributed by atoms with E-state index in [0.717, 1.165) is 4.88 Å². The lowest BCUT2D eigenvalue weighted by Gasteiger charge is -2.11. The molecule has 1 heterocycles. The zero-order valence-corrected chi connectivity index (χ0v) is 8.30. The summed E-state index contributed by atoms with van der Waals surface area (Å²) in [6.07, 6.45) is 2.50. The van der Waals surface area contributed by atoms with Crippen LogP contribution >= 0.6 is 11.3 Å². The maximum atomic E-state index is 10.8. The zero-order chi connectivity index (χ0) is 9.68. The number of thiazole rings is 1. The second kappa shape index (κ2) is 4.94. The van der Waals surface area contributed by atoms with Crippen molar-refractivity contribution < 1.29 is 4.79 Å². The summed E-state index contributed by atoms with van der Waals surface area (Å²) in [5.41, 5.74) is 6.94. The molecule has 0 aliphatic heterocycles. The first-order valence-electron chi connectivity index (χ1n) is 4.14. The van der Waals surface area contributed by atoms with E-state index < -0.39 is 0 Å². The van der Waals surface area contributed by atoms with Gasteiger partial charge in [0.1, 0.15) is 0 Å². The summed E-state index contributed by atoms with van der Waals surface area (Å²) in [4.78, 5) is 15.9. The molecule has 0 fully saturated rings. The van der Waals surface area contributed by atoms with Crippen LogP contribution in [0.2, 0.25) is 0 Å². The van der Waals surface area contributed by atoms with E-state index in [0.29, 0.717) is 13.0 Å². The molecule has 1 aromatic rings. The molecule has 5 heteroatoms. The van der Waals surface area contributed by atoms with E-state index in [1.807, 2.05) is 6.92 Å². The van der Waals surface area contributed by atoms with Gasteiger partial charge in [-0.05, 0) is 6.42 Å². The Morgan fingerprint density at radius 1 is 1.85 bits per heavy atom. The SMILES string of the molecule is CCC(NCc1cncs1)C(N)=O. The third-order valence-corrected chi connectivity index (χ3v) is 2.54. The highest BCUT2D eigenvalue weighted by atomic mass is 32.1. The molecule has 72 valence electrons. The fourth-order valence-electron chi connectivity index (χ4n) is 0.999. The van der Waals surface area contributed by atoms with E-state index in [1.165, 1.54) is 0 Å². The Kier molecular flexibility index (Phi) is 3.85. The molecule has 0 aromatic carbocycles. The van der Waals surface area contributed by atoms with Crippen molar-refractivity contribution in [3.63, 3.8) is 0 Å². The van der Waals surface area contributed by atoms with Gasteiger partial charge in [0, 0.05) is 17.6 Å². The maximum absolute atomic E-state index is 10.8. The molecular weight excluding hydrogens is 186 g/mol. The lowest BCUT2D eigenvalue weighted by molar-refractivity contribution is -0.120. The van der Waals surface area contributed by atoms with Crippen LogP contribution in [0, 0.1) is 0 Å². The van der Waals surface area contributed by atoms with Crippen molar-refractivity contribution in [3.05, 3.63) is 16.6 Å². The van der Waals surface area contributed by atoms with Crippen LogP contribution in [0.15, 0.2) is 11.7 Å². The van der Waals surface area contributed by atoms with Gasteiger partial charge in [0.25, 0.3) is 0 Å². The van der Waals surface area contributed by atoms with Gasteiger partial charge in [0.05, 0.1) is 11.6 Å². The molecule has 3 N–H and O–H groups in total. The molecule has 0 aliphatic rings. The highest BCUT2D eigenvalue weighted by Crippen LogP contribution is 2.05. The Hall–Kier alpha value is -0.940. The summed E-state index contributed by atoms with van der Waals surface area (Å²) in [6.45, 7) is 2.58. The normalized spacial score (nSPS) is 12.7. The van der Waals surface area contributed by atoms with Crippen LogP contribution < -0.4 is 11.1 Å². The number of nitrogens with two attached hydrogens (primary N) is 1. The molecule has 1 amide bonds. The average Bonchev–Trinajstić information content (AvgIpc) is 2.57. The summed E-state index contributed by atoms with van der Waals surface area (Å²) in [5.74, 6) is -0.299. The highest BCUT2D eigenvalue weighted by molar-refractivity contribution is 7.09. The molecule has 0 bridgehead atoms. The van der Waals surface area contributed by atoms with E-state index in [9.17, 15) is 4.79 Å². The Bertz CT molecular complexity index is 260. The Balaban J connectivity index is 2.36. The molecule has 0 spiro atoms. The number of hydrogen-bond donors (Lipinski definition) is 2. The van der Waals surface area contributed by atoms with E-state index in [2.05, 4.69) is 10.3 Å². The minimum atomic E-state index is -0.299. The molecule has 1 atom stereocenters. The van der Waals surface area contributed by atoms with Gasteiger partial charge in [0.15, 0.2) is 0 Å². The van der Waals surface area contributed by atoms with E-state index >= 15 is 0 Å². The van der Waals surface area contributed by atoms with Crippen LogP contribution in [-0.2, 0) is 11.3 Å². The number of carbonyl (C=O) groups excluding carboxylic acids is 1. The third kappa shape index (κ3) is 3.12. The first kappa shape index (κ1) is 10.1. The van der Waals surface area contributed by atoms with Crippen LogP contribution in [0.25, 0.3) is 0 Å². The van der Waals surface area contributed by atoms with Gasteiger partial charge in [-0.2, -0.15) is 0 Å². The van der Waals surface area contributed by atoms with Gasteiger partial charge in [-0.3, -0.25) is 9.78 Å². The molecule has 1 aromatic heterocycles. The molecule has 1 rings (SSSR count). The average molecular weight is 199 g/mol. The number of amides is 1. The predicted octanol–water partition coefficient (Wildman–Crippen LogP) is 0.497. The van der Waals surface area contributed by atoms with Crippen molar-refractivity contribution in [1.82, 2.24) is 10.3 Å². The van der Waals surface area contributed by atoms with Crippen LogP contribution in [0.5, 0.6) is 0 Å². The fourth-order valence-corrected chi connectivity index (χ4v) is 1.54. The van der Waals surface area contributed by atoms with Gasteiger partial charge < -0.3 is 11.1 Å². The topological polar surface area (TPSA) is 68.0 Å². The Morgan fingerprint density at radius 2 is 2.62 bits per heavy atom. The minimum Gasteiger partial charge on any atom is -0.368 e. The summed E-state index contributed by atoms with van der Waals surface area (Å²) >= 11 is 1.56. The lowest BCUT2D eigenvalue weighted by atomic mass is 10.2. The smallest absolute Gasteiger partial charge is 0.234 e. The van der Waals surface area contributed by atoms with E-state index in [1.54, 1.807) is 23.0 Å². The van der Waals surface area contributed by atoms with Gasteiger partial charge in [-0.15, -0.1) is 11.3 Å². The first-order chi connectivity index (χ1) is 6.24. The second-order valence-corrected chi connectivity index (χ2v) is 3.68. The predicted molar refractivity (Wildman–Crippen MR) is 52.2 cm³/mol. The number of primary amides is 1. The van der Waals surface area contributed by atoms with E-state index in [-0.39, 0.29) is 11.9 Å². The number of rotatable bonds is 5. The van der Waals surface area contributed by atoms with Crippen LogP contribution in [-0.4, -0.2) is 16.9 Å². The summed E-state index contributed by atoms with van der Waals surface area (Å²) in [7, 11) is 0. The molecule has 0 aliphatic carbocycles. The van der Waals surface area contributed by atoms with Crippen molar-refractivity contribution in [1.29, 1.82) is 0 Å². The summed E-state index contributed by atoms with van der Waals surface area (Å²) < 4.78 is 0. The second-order valence-electron chi connectivity index (χ2n) is 2.71. The Labute approximate surface area is 81.2 Å². The molecule has 1 unspecified atom stereocenters. The van der Waals surface area contributed by atoms with Gasteiger partial charge in [-0.25, -0.2) is 0 Å². The zero-order valence-electron chi connectivity index (χ0n) is 7.49. The van der Waals surface area contributed by atoms with Crippen molar-refractivity contribution in [2.24, 2.45) is 5.73 Å². The van der Waals surface area contributed by atoms with Gasteiger partial charge in [-0.1, -0.05) is 6.92 Å². The minimum absolute atomic E-state index is 0.234. The van der Waals surface area contributed by atoms with Crippen LogP contribution in [0.4, 0.5) is 0 Å². The van der Waals surface area contributed by atoms with Crippen molar-refractivity contribution >= 4 is 17.2 Å². The standard InChI is InChI=1S/C8H13N3OS/c1-2-7(8(9)12)11-4-6-3-10-5-13-6/h3,5,7,11H,2,4H2,1H3,(H2,9,12). The third-order valence-electron chi connectivity index (χ3n) is 1.76. The van der Waals surface area contributed by atoms with Crippen molar-refractivity contribution in [3.8, 4) is 0 Å². The number of nitrogens with zero attached hydrogens (tertiary/aromatic N) is 1. The van der Waals surface area contributed by atoms with Crippen LogP contribution in [0.3, 0.4) is 0 Å². The van der Waals surface area contributed by atoms with Crippen LogP contribution in [0.1, 0.15) is 18.2 Å². The van der Waals surface area contributed by atoms with Gasteiger partial charge in [0.2, 0.25) is 5.91 Å². The number of carbonyl (C=O) groups is 1. The monoisotopic (exact) mass is 199 g/mol. The number of hydrogen-bond acceptors (Lipinski definition) is 4. The number of nitrogens with one attached hydrogen (secondary N) is 1. The number of aromatic nitrogens is 1. The van der Waals surface area contributed by atoms with Gasteiger partial charge >= 0.3 is 0 Å². The fraction of sp³-hybridized carbons (Fsp3) is 0.500. The quantitative estimate of drug-likeness (QED) is 0.725. The molecule has 4 nitrogen and oxygen atoms in total. The summed E-state index contributed by atoms with van der Waals surface area (Å²) in [6, 6.07) is -0.234. The van der Waals surface area contributed by atoms with Crippen molar-refractivity contribution in [2.45, 2.75) is 25.9 Å². The largest absolute Gasteiger partial charge is 0.368 e. The lowest BCUT2D eigenvalue weighted by Crippen LogP contribution is -2.40. The Morgan fingerprint density at radius 3 is 3.08 bits per heavy atom. The molecule has 0 saturated carbocycles. The van der Waals surface area contributed by atoms with E-state index in [4.69, 9.17) is 5.73 Å². The molecular formula is C8H13N3OS. The maximum Gasteiger partial charge on any atom is 0.234 e. The molecule has 13 heavy (non-hydrogen) atoms.